The van der Waals surface area contributed by atoms with Crippen LogP contribution in [0.15, 0.2) is 66.7 Å². The van der Waals surface area contributed by atoms with E-state index < -0.39 is 15.3 Å². The van der Waals surface area contributed by atoms with E-state index in [0.717, 1.165) is 33.4 Å². The van der Waals surface area contributed by atoms with Crippen LogP contribution >= 0.6 is 22.6 Å². The van der Waals surface area contributed by atoms with E-state index in [2.05, 4.69) is 28.7 Å². The largest absolute Gasteiger partial charge is 0.508 e. The van der Waals surface area contributed by atoms with E-state index in [1.165, 1.54) is 19.2 Å². The maximum absolute atomic E-state index is 13.8. The highest BCUT2D eigenvalue weighted by molar-refractivity contribution is 14.1. The van der Waals surface area contributed by atoms with Crippen molar-refractivity contribution in [2.45, 2.75) is 23.2 Å². The smallest absolute Gasteiger partial charge is 0.337 e. The summed E-state index contributed by atoms with van der Waals surface area (Å²) in [6.45, 7) is 3.99. The monoisotopic (exact) mass is 568 g/mol. The number of hydrogen-bond donors (Lipinski definition) is 1. The van der Waals surface area contributed by atoms with Gasteiger partial charge in [0.05, 0.1) is 24.3 Å². The van der Waals surface area contributed by atoms with Crippen molar-refractivity contribution >= 4 is 39.5 Å². The zero-order valence-electron chi connectivity index (χ0n) is 18.8. The molecule has 1 atom stereocenters. The summed E-state index contributed by atoms with van der Waals surface area (Å²) >= 11 is 2.13. The molecule has 34 heavy (non-hydrogen) atoms. The van der Waals surface area contributed by atoms with Gasteiger partial charge in [0.2, 0.25) is 0 Å². The normalized spacial score (nSPS) is 12.4. The van der Waals surface area contributed by atoms with E-state index in [0.29, 0.717) is 5.56 Å². The number of phenols is 1. The number of methoxy groups -OCH3 is 1. The highest BCUT2D eigenvalue weighted by Gasteiger charge is 2.37. The molecule has 0 radical (unpaired) electrons. The van der Waals surface area contributed by atoms with Gasteiger partial charge in [0.1, 0.15) is 15.5 Å². The SMILES string of the molecule is COC(=O)c1ccc(-c2c(C(C)(C)C(I)C#N)n(-c3ccc(F)cc3)c3ccc(O)cc23)cc1. The fraction of sp³-hybridized carbons (Fsp3) is 0.185. The molecule has 0 spiro atoms. The average Bonchev–Trinajstić information content (AvgIpc) is 3.18. The third kappa shape index (κ3) is 4.03. The van der Waals surface area contributed by atoms with Gasteiger partial charge < -0.3 is 14.4 Å². The van der Waals surface area contributed by atoms with Crippen molar-refractivity contribution in [3.63, 3.8) is 0 Å². The number of benzene rings is 3. The minimum atomic E-state index is -0.644. The minimum absolute atomic E-state index is 0.104. The maximum Gasteiger partial charge on any atom is 0.337 e. The molecule has 7 heteroatoms. The number of fused-ring (bicyclic) bond motifs is 1. The van der Waals surface area contributed by atoms with Crippen LogP contribution in [0, 0.1) is 17.1 Å². The third-order valence-corrected chi connectivity index (χ3v) is 7.82. The molecule has 0 saturated carbocycles. The number of carbonyl (C=O) groups excluding carboxylic acids is 1. The summed E-state index contributed by atoms with van der Waals surface area (Å²) in [6, 6.07) is 20.7. The first-order valence-electron chi connectivity index (χ1n) is 10.5. The zero-order chi connectivity index (χ0) is 24.6. The predicted octanol–water partition coefficient (Wildman–Crippen LogP) is 6.53. The molecule has 4 aromatic rings. The van der Waals surface area contributed by atoms with Gasteiger partial charge >= 0.3 is 5.97 Å². The van der Waals surface area contributed by atoms with Gasteiger partial charge in [0, 0.05) is 27.7 Å². The Balaban J connectivity index is 2.13. The number of nitriles is 1. The lowest BCUT2D eigenvalue weighted by Crippen LogP contribution is -2.31. The number of ether oxygens (including phenoxy) is 1. The Kier molecular flexibility index (Phi) is 6.36. The van der Waals surface area contributed by atoms with Gasteiger partial charge in [0.15, 0.2) is 0 Å². The molecule has 1 unspecified atom stereocenters. The maximum atomic E-state index is 13.8. The summed E-state index contributed by atoms with van der Waals surface area (Å²) in [4.78, 5) is 12.0. The Hall–Kier alpha value is -3.38. The highest BCUT2D eigenvalue weighted by atomic mass is 127. The molecule has 0 aliphatic carbocycles. The number of esters is 1. The zero-order valence-corrected chi connectivity index (χ0v) is 21.0. The number of alkyl halides is 1. The quantitative estimate of drug-likeness (QED) is 0.169. The van der Waals surface area contributed by atoms with E-state index in [1.807, 2.05) is 36.6 Å². The molecule has 0 bridgehead atoms. The van der Waals surface area contributed by atoms with E-state index in [4.69, 9.17) is 4.74 Å². The molecule has 0 saturated heterocycles. The molecule has 0 aliphatic heterocycles. The van der Waals surface area contributed by atoms with Crippen LogP contribution in [0.2, 0.25) is 0 Å². The number of aromatic hydroxyl groups is 1. The average molecular weight is 568 g/mol. The van der Waals surface area contributed by atoms with Crippen LogP contribution in [-0.4, -0.2) is 26.7 Å². The Morgan fingerprint density at radius 3 is 2.35 bits per heavy atom. The summed E-state index contributed by atoms with van der Waals surface area (Å²) in [5, 5.41) is 20.9. The van der Waals surface area contributed by atoms with Crippen LogP contribution in [0.1, 0.15) is 29.9 Å². The van der Waals surface area contributed by atoms with Gasteiger partial charge in [0.25, 0.3) is 0 Å². The first-order chi connectivity index (χ1) is 16.2. The van der Waals surface area contributed by atoms with Crippen molar-refractivity contribution in [2.75, 3.05) is 7.11 Å². The van der Waals surface area contributed by atoms with E-state index in [9.17, 15) is 19.6 Å². The number of nitrogens with zero attached hydrogens (tertiary/aromatic N) is 2. The van der Waals surface area contributed by atoms with E-state index >= 15 is 0 Å². The topological polar surface area (TPSA) is 75.2 Å². The number of aromatic nitrogens is 1. The Labute approximate surface area is 210 Å². The summed E-state index contributed by atoms with van der Waals surface area (Å²) in [6.07, 6.45) is 0. The predicted molar refractivity (Wildman–Crippen MR) is 138 cm³/mol. The third-order valence-electron chi connectivity index (χ3n) is 5.99. The summed E-state index contributed by atoms with van der Waals surface area (Å²) in [5.74, 6) is -0.678. The van der Waals surface area contributed by atoms with E-state index in [1.54, 1.807) is 36.4 Å². The van der Waals surface area contributed by atoms with Crippen molar-refractivity contribution in [2.24, 2.45) is 0 Å². The van der Waals surface area contributed by atoms with E-state index in [-0.39, 0.29) is 11.6 Å². The van der Waals surface area contributed by atoms with Crippen LogP contribution in [0.4, 0.5) is 4.39 Å². The molecular formula is C27H22FIN2O3. The number of rotatable bonds is 5. The first kappa shape index (κ1) is 23.8. The van der Waals surface area contributed by atoms with Crippen molar-refractivity contribution in [1.29, 1.82) is 5.26 Å². The number of hydrogen-bond acceptors (Lipinski definition) is 4. The van der Waals surface area contributed by atoms with Crippen LogP contribution in [-0.2, 0) is 10.2 Å². The van der Waals surface area contributed by atoms with Crippen molar-refractivity contribution < 1.29 is 19.0 Å². The molecule has 1 heterocycles. The number of carbonyl (C=O) groups is 1. The molecule has 0 aliphatic rings. The summed E-state index contributed by atoms with van der Waals surface area (Å²) < 4.78 is 20.2. The van der Waals surface area contributed by atoms with Gasteiger partial charge in [-0.15, -0.1) is 0 Å². The summed E-state index contributed by atoms with van der Waals surface area (Å²) in [5.41, 5.74) is 3.80. The van der Waals surface area contributed by atoms with Crippen molar-refractivity contribution in [3.05, 3.63) is 83.8 Å². The van der Waals surface area contributed by atoms with Gasteiger partial charge in [-0.2, -0.15) is 5.26 Å². The summed E-state index contributed by atoms with van der Waals surface area (Å²) in [7, 11) is 1.33. The standard InChI is InChI=1S/C27H22FIN2O3/c1-27(2,23(29)15-30)25-24(16-4-6-17(7-5-16)26(33)34-3)21-14-20(32)12-13-22(21)31(25)19-10-8-18(28)9-11-19/h4-14,23,32H,1-3H3. The fourth-order valence-corrected chi connectivity index (χ4v) is 4.51. The first-order valence-corrected chi connectivity index (χ1v) is 11.8. The second-order valence-corrected chi connectivity index (χ2v) is 9.76. The number of phenolic OH excluding ortho intramolecular Hbond substituents is 1. The second-order valence-electron chi connectivity index (χ2n) is 8.52. The highest BCUT2D eigenvalue weighted by Crippen LogP contribution is 2.46. The lowest BCUT2D eigenvalue weighted by Gasteiger charge is -2.30. The fourth-order valence-electron chi connectivity index (χ4n) is 4.21. The van der Waals surface area contributed by atoms with Crippen LogP contribution < -0.4 is 0 Å². The van der Waals surface area contributed by atoms with Gasteiger partial charge in [-0.05, 0) is 60.2 Å². The molecule has 5 nitrogen and oxygen atoms in total. The molecule has 4 rings (SSSR count). The van der Waals surface area contributed by atoms with Crippen molar-refractivity contribution in [3.8, 4) is 28.6 Å². The lowest BCUT2D eigenvalue weighted by molar-refractivity contribution is 0.0600. The Morgan fingerprint density at radius 2 is 1.76 bits per heavy atom. The molecule has 0 amide bonds. The molecule has 172 valence electrons. The Morgan fingerprint density at radius 1 is 1.12 bits per heavy atom. The van der Waals surface area contributed by atoms with Crippen LogP contribution in [0.5, 0.6) is 5.75 Å². The molecular weight excluding hydrogens is 546 g/mol. The lowest BCUT2D eigenvalue weighted by atomic mass is 9.81. The molecule has 1 N–H and O–H groups in total. The van der Waals surface area contributed by atoms with Crippen LogP contribution in [0.3, 0.4) is 0 Å². The van der Waals surface area contributed by atoms with Crippen molar-refractivity contribution in [1.82, 2.24) is 4.57 Å². The molecule has 0 fully saturated rings. The minimum Gasteiger partial charge on any atom is -0.508 e. The number of halogens is 2. The molecule has 3 aromatic carbocycles. The Bertz CT molecular complexity index is 1420. The second kappa shape index (κ2) is 9.11. The van der Waals surface area contributed by atoms with Crippen LogP contribution in [0.25, 0.3) is 27.7 Å². The van der Waals surface area contributed by atoms with Gasteiger partial charge in [-0.1, -0.05) is 48.6 Å². The van der Waals surface area contributed by atoms with Gasteiger partial charge in [-0.3, -0.25) is 0 Å². The molecule has 1 aromatic heterocycles. The van der Waals surface area contributed by atoms with Gasteiger partial charge in [-0.25, -0.2) is 9.18 Å².